The second kappa shape index (κ2) is 8.91. The monoisotopic (exact) mass is 484 g/mol. The van der Waals surface area contributed by atoms with Crippen molar-refractivity contribution in [1.29, 1.82) is 0 Å². The first-order valence-electron chi connectivity index (χ1n) is 10.8. The number of hydrogen-bond acceptors (Lipinski definition) is 5. The summed E-state index contributed by atoms with van der Waals surface area (Å²) in [5, 5.41) is 13.8. The van der Waals surface area contributed by atoms with Crippen molar-refractivity contribution in [3.05, 3.63) is 112 Å². The van der Waals surface area contributed by atoms with Gasteiger partial charge in [0.05, 0.1) is 10.6 Å². The van der Waals surface area contributed by atoms with E-state index >= 15 is 0 Å². The number of hydrogen-bond donors (Lipinski definition) is 1. The van der Waals surface area contributed by atoms with Crippen LogP contribution in [-0.2, 0) is 16.1 Å². The van der Waals surface area contributed by atoms with Gasteiger partial charge >= 0.3 is 6.03 Å². The number of barbiturate groups is 1. The fraction of sp³-hybridized carbons (Fsp3) is 0.0385. The summed E-state index contributed by atoms with van der Waals surface area (Å²) < 4.78 is 15.2. The predicted molar refractivity (Wildman–Crippen MR) is 130 cm³/mol. The zero-order valence-corrected chi connectivity index (χ0v) is 18.6. The molecule has 4 aromatic rings. The van der Waals surface area contributed by atoms with Crippen molar-refractivity contribution < 1.29 is 23.7 Å². The summed E-state index contributed by atoms with van der Waals surface area (Å²) in [5.74, 6) is -2.20. The molecule has 0 aliphatic carbocycles. The molecule has 0 atom stereocenters. The Hall–Kier alpha value is -5.12. The van der Waals surface area contributed by atoms with Crippen molar-refractivity contribution in [1.82, 2.24) is 9.88 Å². The molecule has 0 radical (unpaired) electrons. The fourth-order valence-corrected chi connectivity index (χ4v) is 4.08. The number of para-hydroxylation sites is 1. The molecule has 1 N–H and O–H groups in total. The number of amides is 4. The Balaban J connectivity index is 1.53. The van der Waals surface area contributed by atoms with Crippen molar-refractivity contribution in [3.8, 4) is 0 Å². The number of benzene rings is 3. The Morgan fingerprint density at radius 2 is 1.64 bits per heavy atom. The molecule has 5 rings (SSSR count). The summed E-state index contributed by atoms with van der Waals surface area (Å²) >= 11 is 0. The van der Waals surface area contributed by atoms with Gasteiger partial charge in [-0.25, -0.2) is 14.1 Å². The highest BCUT2D eigenvalue weighted by Gasteiger charge is 2.37. The van der Waals surface area contributed by atoms with E-state index in [-0.39, 0.29) is 16.9 Å². The number of rotatable bonds is 5. The summed E-state index contributed by atoms with van der Waals surface area (Å²) in [7, 11) is 0. The Labute approximate surface area is 203 Å². The minimum atomic E-state index is -0.922. The van der Waals surface area contributed by atoms with Crippen LogP contribution in [0, 0.1) is 15.9 Å². The third-order valence-corrected chi connectivity index (χ3v) is 5.81. The molecule has 0 unspecified atom stereocenters. The van der Waals surface area contributed by atoms with Crippen LogP contribution in [0.4, 0.5) is 20.6 Å². The number of aromatic nitrogens is 1. The first kappa shape index (κ1) is 22.7. The highest BCUT2D eigenvalue weighted by atomic mass is 19.1. The second-order valence-corrected chi connectivity index (χ2v) is 8.09. The zero-order chi connectivity index (χ0) is 25.4. The minimum Gasteiger partial charge on any atom is -0.342 e. The molecule has 0 saturated carbocycles. The average molecular weight is 484 g/mol. The van der Waals surface area contributed by atoms with Gasteiger partial charge in [-0.3, -0.25) is 25.0 Å². The molecule has 1 aromatic heterocycles. The summed E-state index contributed by atoms with van der Waals surface area (Å²) in [6.45, 7) is 0.391. The van der Waals surface area contributed by atoms with E-state index < -0.39 is 28.6 Å². The smallest absolute Gasteiger partial charge is 0.335 e. The molecule has 3 aromatic carbocycles. The molecule has 10 heteroatoms. The van der Waals surface area contributed by atoms with Crippen molar-refractivity contribution in [2.75, 3.05) is 4.90 Å². The Morgan fingerprint density at radius 3 is 2.33 bits per heavy atom. The number of anilines is 1. The van der Waals surface area contributed by atoms with Crippen LogP contribution in [0.5, 0.6) is 0 Å². The maximum atomic E-state index is 13.3. The van der Waals surface area contributed by atoms with Crippen molar-refractivity contribution in [3.63, 3.8) is 0 Å². The lowest BCUT2D eigenvalue weighted by molar-refractivity contribution is -0.384. The van der Waals surface area contributed by atoms with Crippen molar-refractivity contribution in [2.45, 2.75) is 6.54 Å². The van der Waals surface area contributed by atoms with Crippen LogP contribution < -0.4 is 10.2 Å². The van der Waals surface area contributed by atoms with Gasteiger partial charge in [0.15, 0.2) is 0 Å². The van der Waals surface area contributed by atoms with Crippen LogP contribution >= 0.6 is 0 Å². The lowest BCUT2D eigenvalue weighted by Gasteiger charge is -2.26. The third-order valence-electron chi connectivity index (χ3n) is 5.81. The highest BCUT2D eigenvalue weighted by molar-refractivity contribution is 6.39. The number of nitro benzene ring substituents is 1. The number of nitrogens with zero attached hydrogens (tertiary/aromatic N) is 3. The van der Waals surface area contributed by atoms with Crippen molar-refractivity contribution >= 4 is 46.2 Å². The number of nitrogens with one attached hydrogen (secondary N) is 1. The Kier molecular flexibility index (Phi) is 5.61. The van der Waals surface area contributed by atoms with Crippen LogP contribution in [0.15, 0.2) is 84.6 Å². The van der Waals surface area contributed by atoms with E-state index in [1.54, 1.807) is 18.3 Å². The molecule has 1 saturated heterocycles. The fourth-order valence-electron chi connectivity index (χ4n) is 4.08. The molecule has 1 fully saturated rings. The van der Waals surface area contributed by atoms with E-state index in [0.29, 0.717) is 12.1 Å². The number of carbonyl (C=O) groups is 3. The molecule has 1 aliphatic heterocycles. The summed E-state index contributed by atoms with van der Waals surface area (Å²) in [4.78, 5) is 49.4. The van der Waals surface area contributed by atoms with E-state index in [4.69, 9.17) is 0 Å². The highest BCUT2D eigenvalue weighted by Crippen LogP contribution is 2.27. The quantitative estimate of drug-likeness (QED) is 0.195. The number of urea groups is 1. The van der Waals surface area contributed by atoms with Gasteiger partial charge in [-0.2, -0.15) is 0 Å². The average Bonchev–Trinajstić information content (AvgIpc) is 3.20. The lowest BCUT2D eigenvalue weighted by Crippen LogP contribution is -2.54. The van der Waals surface area contributed by atoms with E-state index in [0.717, 1.165) is 33.5 Å². The number of imide groups is 2. The molecule has 0 bridgehead atoms. The van der Waals surface area contributed by atoms with Crippen LogP contribution in [0.3, 0.4) is 0 Å². The first-order valence-corrected chi connectivity index (χ1v) is 10.8. The number of fused-ring (bicyclic) bond motifs is 1. The second-order valence-electron chi connectivity index (χ2n) is 8.09. The van der Waals surface area contributed by atoms with Gasteiger partial charge in [0.1, 0.15) is 11.4 Å². The topological polar surface area (TPSA) is 115 Å². The molecule has 178 valence electrons. The third kappa shape index (κ3) is 4.11. The molecule has 4 amide bonds. The molecular formula is C26H17FN4O5. The lowest BCUT2D eigenvalue weighted by atomic mass is 10.1. The number of non-ortho nitro benzene ring substituents is 1. The standard InChI is InChI=1S/C26H17FN4O5/c27-18-7-11-19(12-8-18)30-25(33)22(24(32)28-26(30)34)13-17-15-29(23-4-2-1-3-21(17)23)14-16-5-9-20(10-6-16)31(35)36/h1-13,15H,14H2,(H,28,32,34)/b22-13+. The van der Waals surface area contributed by atoms with E-state index in [9.17, 15) is 28.9 Å². The van der Waals surface area contributed by atoms with Gasteiger partial charge in [-0.1, -0.05) is 30.3 Å². The SMILES string of the molecule is O=C1NC(=O)N(c2ccc(F)cc2)C(=O)/C1=C/c1cn(Cc2ccc([N+](=O)[O-])cc2)c2ccccc12. The van der Waals surface area contributed by atoms with Crippen molar-refractivity contribution in [2.24, 2.45) is 0 Å². The van der Waals surface area contributed by atoms with Crippen LogP contribution in [0.2, 0.25) is 0 Å². The van der Waals surface area contributed by atoms with Crippen LogP contribution in [-0.4, -0.2) is 27.3 Å². The Morgan fingerprint density at radius 1 is 0.944 bits per heavy atom. The van der Waals surface area contributed by atoms with Gasteiger partial charge in [0.25, 0.3) is 17.5 Å². The largest absolute Gasteiger partial charge is 0.342 e. The van der Waals surface area contributed by atoms with Crippen LogP contribution in [0.1, 0.15) is 11.1 Å². The molecule has 9 nitrogen and oxygen atoms in total. The molecule has 2 heterocycles. The molecule has 0 spiro atoms. The molecular weight excluding hydrogens is 467 g/mol. The van der Waals surface area contributed by atoms with Gasteiger partial charge in [0.2, 0.25) is 0 Å². The van der Waals surface area contributed by atoms with Gasteiger partial charge in [-0.05, 0) is 42.0 Å². The summed E-state index contributed by atoms with van der Waals surface area (Å²) in [6.07, 6.45) is 3.17. The molecule has 36 heavy (non-hydrogen) atoms. The predicted octanol–water partition coefficient (Wildman–Crippen LogP) is 4.40. The molecule has 1 aliphatic rings. The van der Waals surface area contributed by atoms with Crippen LogP contribution in [0.25, 0.3) is 17.0 Å². The maximum Gasteiger partial charge on any atom is 0.335 e. The van der Waals surface area contributed by atoms with E-state index in [1.165, 1.54) is 30.3 Å². The van der Waals surface area contributed by atoms with E-state index in [1.807, 2.05) is 28.8 Å². The van der Waals surface area contributed by atoms with Gasteiger partial charge < -0.3 is 4.57 Å². The first-order chi connectivity index (χ1) is 17.3. The van der Waals surface area contributed by atoms with Gasteiger partial charge in [-0.15, -0.1) is 0 Å². The summed E-state index contributed by atoms with van der Waals surface area (Å²) in [5.41, 5.74) is 2.07. The van der Waals surface area contributed by atoms with Gasteiger partial charge in [0, 0.05) is 41.3 Å². The van der Waals surface area contributed by atoms with E-state index in [2.05, 4.69) is 5.32 Å². The number of nitro groups is 1. The zero-order valence-electron chi connectivity index (χ0n) is 18.6. The number of carbonyl (C=O) groups excluding carboxylic acids is 3. The number of halogens is 1. The normalized spacial score (nSPS) is 15.0. The maximum absolute atomic E-state index is 13.3. The summed E-state index contributed by atoms with van der Waals surface area (Å²) in [6, 6.07) is 17.4. The Bertz CT molecular complexity index is 1570. The minimum absolute atomic E-state index is 0.0105.